The smallest absolute Gasteiger partial charge is 0.326 e. The Balaban J connectivity index is 2.82. The van der Waals surface area contributed by atoms with Gasteiger partial charge >= 0.3 is 5.97 Å². The van der Waals surface area contributed by atoms with Crippen LogP contribution in [0.3, 0.4) is 0 Å². The molecule has 0 spiro atoms. The maximum Gasteiger partial charge on any atom is 0.326 e. The molecule has 0 radical (unpaired) electrons. The lowest BCUT2D eigenvalue weighted by Gasteiger charge is -2.20. The molecule has 1 aromatic heterocycles. The van der Waals surface area contributed by atoms with E-state index in [0.717, 1.165) is 5.56 Å². The van der Waals surface area contributed by atoms with Crippen LogP contribution in [0, 0.1) is 5.92 Å². The van der Waals surface area contributed by atoms with Gasteiger partial charge in [-0.15, -0.1) is 11.3 Å². The number of methoxy groups -OCH3 is 1. The van der Waals surface area contributed by atoms with E-state index >= 15 is 0 Å². The predicted octanol–water partition coefficient (Wildman–Crippen LogP) is 2.12. The molecule has 0 aliphatic heterocycles. The van der Waals surface area contributed by atoms with Crippen LogP contribution in [0.15, 0.2) is 11.4 Å². The standard InChI is InChI=1S/C13H19NO4S/c1-4-8(2)10(13(16)17)14-12(15)11-9(7-18-3)5-6-19-11/h5-6,8,10H,4,7H2,1-3H3,(H,14,15)(H,16,17). The van der Waals surface area contributed by atoms with Crippen molar-refractivity contribution in [2.75, 3.05) is 7.11 Å². The fraction of sp³-hybridized carbons (Fsp3) is 0.538. The van der Waals surface area contributed by atoms with Crippen LogP contribution >= 0.6 is 11.3 Å². The molecular formula is C13H19NO4S. The van der Waals surface area contributed by atoms with Crippen LogP contribution < -0.4 is 5.32 Å². The minimum atomic E-state index is -1.01. The zero-order chi connectivity index (χ0) is 14.4. The van der Waals surface area contributed by atoms with E-state index in [1.54, 1.807) is 12.5 Å². The number of amides is 1. The fourth-order valence-corrected chi connectivity index (χ4v) is 2.51. The summed E-state index contributed by atoms with van der Waals surface area (Å²) in [5.41, 5.74) is 0.776. The third-order valence-electron chi connectivity index (χ3n) is 3.02. The Morgan fingerprint density at radius 1 is 1.53 bits per heavy atom. The van der Waals surface area contributed by atoms with E-state index in [1.165, 1.54) is 11.3 Å². The number of ether oxygens (including phenoxy) is 1. The minimum absolute atomic E-state index is 0.118. The highest BCUT2D eigenvalue weighted by molar-refractivity contribution is 7.12. The van der Waals surface area contributed by atoms with Gasteiger partial charge in [0.25, 0.3) is 5.91 Å². The third kappa shape index (κ3) is 4.04. The van der Waals surface area contributed by atoms with E-state index in [9.17, 15) is 9.59 Å². The average molecular weight is 285 g/mol. The van der Waals surface area contributed by atoms with Crippen LogP contribution in [0.5, 0.6) is 0 Å². The zero-order valence-corrected chi connectivity index (χ0v) is 12.1. The maximum atomic E-state index is 12.1. The SMILES string of the molecule is CCC(C)C(NC(=O)c1sccc1COC)C(=O)O. The van der Waals surface area contributed by atoms with Crippen LogP contribution in [-0.2, 0) is 16.1 Å². The maximum absolute atomic E-state index is 12.1. The first kappa shape index (κ1) is 15.7. The minimum Gasteiger partial charge on any atom is -0.480 e. The van der Waals surface area contributed by atoms with Crippen LogP contribution in [0.1, 0.15) is 35.5 Å². The molecule has 106 valence electrons. The Morgan fingerprint density at radius 2 is 2.21 bits per heavy atom. The summed E-state index contributed by atoms with van der Waals surface area (Å²) in [7, 11) is 1.55. The second kappa shape index (κ2) is 7.25. The summed E-state index contributed by atoms with van der Waals surface area (Å²) in [5.74, 6) is -1.48. The van der Waals surface area contributed by atoms with Crippen molar-refractivity contribution in [1.29, 1.82) is 0 Å². The molecule has 0 aliphatic rings. The molecule has 0 aromatic carbocycles. The number of hydrogen-bond acceptors (Lipinski definition) is 4. The molecule has 5 nitrogen and oxygen atoms in total. The summed E-state index contributed by atoms with van der Waals surface area (Å²) in [6, 6.07) is 0.942. The second-order valence-electron chi connectivity index (χ2n) is 4.38. The lowest BCUT2D eigenvalue weighted by Crippen LogP contribution is -2.45. The van der Waals surface area contributed by atoms with Crippen molar-refractivity contribution in [3.05, 3.63) is 21.9 Å². The largest absolute Gasteiger partial charge is 0.480 e. The number of nitrogens with one attached hydrogen (secondary N) is 1. The van der Waals surface area contributed by atoms with E-state index in [0.29, 0.717) is 17.9 Å². The van der Waals surface area contributed by atoms with E-state index in [-0.39, 0.29) is 11.8 Å². The third-order valence-corrected chi connectivity index (χ3v) is 3.97. The summed E-state index contributed by atoms with van der Waals surface area (Å²) < 4.78 is 5.01. The Morgan fingerprint density at radius 3 is 2.74 bits per heavy atom. The van der Waals surface area contributed by atoms with Gasteiger partial charge in [-0.25, -0.2) is 4.79 Å². The molecule has 2 N–H and O–H groups in total. The van der Waals surface area contributed by atoms with Gasteiger partial charge in [0.15, 0.2) is 0 Å². The van der Waals surface area contributed by atoms with Crippen molar-refractivity contribution >= 4 is 23.2 Å². The number of rotatable bonds is 7. The number of carbonyl (C=O) groups excluding carboxylic acids is 1. The van der Waals surface area contributed by atoms with E-state index in [2.05, 4.69) is 5.32 Å². The van der Waals surface area contributed by atoms with Crippen molar-refractivity contribution in [3.63, 3.8) is 0 Å². The van der Waals surface area contributed by atoms with Gasteiger partial charge in [-0.1, -0.05) is 20.3 Å². The van der Waals surface area contributed by atoms with Crippen molar-refractivity contribution < 1.29 is 19.4 Å². The van der Waals surface area contributed by atoms with Gasteiger partial charge in [-0.3, -0.25) is 4.79 Å². The quantitative estimate of drug-likeness (QED) is 0.804. The highest BCUT2D eigenvalue weighted by atomic mass is 32.1. The lowest BCUT2D eigenvalue weighted by atomic mass is 9.99. The summed E-state index contributed by atoms with van der Waals surface area (Å²) in [6.45, 7) is 4.05. The summed E-state index contributed by atoms with van der Waals surface area (Å²) in [4.78, 5) is 23.8. The second-order valence-corrected chi connectivity index (χ2v) is 5.30. The number of carboxylic acids is 1. The van der Waals surface area contributed by atoms with Crippen molar-refractivity contribution in [1.82, 2.24) is 5.32 Å². The Kier molecular flexibility index (Phi) is 5.98. The van der Waals surface area contributed by atoms with Gasteiger partial charge in [0.1, 0.15) is 6.04 Å². The van der Waals surface area contributed by atoms with Gasteiger partial charge in [-0.2, -0.15) is 0 Å². The molecule has 19 heavy (non-hydrogen) atoms. The number of aliphatic carboxylic acids is 1. The number of hydrogen-bond donors (Lipinski definition) is 2. The van der Waals surface area contributed by atoms with E-state index < -0.39 is 12.0 Å². The average Bonchev–Trinajstić information content (AvgIpc) is 2.83. The first-order valence-electron chi connectivity index (χ1n) is 6.10. The molecule has 0 fully saturated rings. The van der Waals surface area contributed by atoms with Crippen LogP contribution in [-0.4, -0.2) is 30.1 Å². The molecule has 2 atom stereocenters. The molecule has 6 heteroatoms. The lowest BCUT2D eigenvalue weighted by molar-refractivity contribution is -0.140. The monoisotopic (exact) mass is 285 g/mol. The molecule has 1 aromatic rings. The molecule has 1 heterocycles. The van der Waals surface area contributed by atoms with Crippen molar-refractivity contribution in [3.8, 4) is 0 Å². The molecule has 0 aliphatic carbocycles. The van der Waals surface area contributed by atoms with Crippen molar-refractivity contribution in [2.24, 2.45) is 5.92 Å². The highest BCUT2D eigenvalue weighted by Gasteiger charge is 2.26. The molecule has 0 bridgehead atoms. The molecule has 1 rings (SSSR count). The molecule has 0 saturated carbocycles. The first-order chi connectivity index (χ1) is 9.01. The van der Waals surface area contributed by atoms with Gasteiger partial charge < -0.3 is 15.2 Å². The van der Waals surface area contributed by atoms with Crippen LogP contribution in [0.25, 0.3) is 0 Å². The Labute approximate surface area is 116 Å². The molecule has 0 saturated heterocycles. The summed E-state index contributed by atoms with van der Waals surface area (Å²) in [5, 5.41) is 13.5. The highest BCUT2D eigenvalue weighted by Crippen LogP contribution is 2.18. The zero-order valence-electron chi connectivity index (χ0n) is 11.3. The van der Waals surface area contributed by atoms with Gasteiger partial charge in [-0.05, 0) is 17.4 Å². The molecule has 2 unspecified atom stereocenters. The first-order valence-corrected chi connectivity index (χ1v) is 6.98. The van der Waals surface area contributed by atoms with Gasteiger partial charge in [0.2, 0.25) is 0 Å². The summed E-state index contributed by atoms with van der Waals surface area (Å²) >= 11 is 1.29. The number of thiophene rings is 1. The van der Waals surface area contributed by atoms with E-state index in [4.69, 9.17) is 9.84 Å². The fourth-order valence-electron chi connectivity index (χ4n) is 1.69. The molecular weight excluding hydrogens is 266 g/mol. The Hall–Kier alpha value is -1.40. The van der Waals surface area contributed by atoms with Crippen molar-refractivity contribution in [2.45, 2.75) is 32.9 Å². The van der Waals surface area contributed by atoms with Gasteiger partial charge in [0.05, 0.1) is 11.5 Å². The topological polar surface area (TPSA) is 75.6 Å². The molecule has 1 amide bonds. The van der Waals surface area contributed by atoms with Gasteiger partial charge in [0, 0.05) is 12.7 Å². The van der Waals surface area contributed by atoms with Crippen LogP contribution in [0.2, 0.25) is 0 Å². The predicted molar refractivity (Wildman–Crippen MR) is 73.4 cm³/mol. The number of carboxylic acid groups (broad SMARTS) is 1. The normalized spacial score (nSPS) is 13.8. The Bertz CT molecular complexity index is 444. The number of carbonyl (C=O) groups is 2. The van der Waals surface area contributed by atoms with E-state index in [1.807, 2.05) is 19.9 Å². The van der Waals surface area contributed by atoms with Crippen LogP contribution in [0.4, 0.5) is 0 Å². The summed E-state index contributed by atoms with van der Waals surface area (Å²) in [6.07, 6.45) is 0.687.